The van der Waals surface area contributed by atoms with Crippen molar-refractivity contribution in [2.45, 2.75) is 26.2 Å². The van der Waals surface area contributed by atoms with Crippen molar-refractivity contribution in [1.29, 1.82) is 5.26 Å². The summed E-state index contributed by atoms with van der Waals surface area (Å²) >= 11 is 1.12. The number of aromatic nitrogens is 3. The molecule has 8 nitrogen and oxygen atoms in total. The van der Waals surface area contributed by atoms with Gasteiger partial charge in [0.15, 0.2) is 0 Å². The lowest BCUT2D eigenvalue weighted by molar-refractivity contribution is 0.0701. The minimum absolute atomic E-state index is 0.0634. The standard InChI is InChI=1S/C19H17N5O3S/c1-11-13-15(22-10-23-17(13)28-14(11)18(25)26)24-12-3-2-8-21-16(12)27-9-19(4-5-19)6-7-20/h2-3,8,10H,4-6,9H2,1H3,(H,25,26)(H,22,23,24). The largest absolute Gasteiger partial charge is 0.477 e. The van der Waals surface area contributed by atoms with Gasteiger partial charge >= 0.3 is 5.97 Å². The number of ether oxygens (including phenoxy) is 1. The van der Waals surface area contributed by atoms with Gasteiger partial charge in [-0.05, 0) is 37.5 Å². The van der Waals surface area contributed by atoms with Crippen LogP contribution < -0.4 is 10.1 Å². The number of rotatable bonds is 7. The molecular weight excluding hydrogens is 378 g/mol. The van der Waals surface area contributed by atoms with E-state index in [0.29, 0.717) is 46.2 Å². The third-order valence-electron chi connectivity index (χ3n) is 4.87. The van der Waals surface area contributed by atoms with Crippen LogP contribution in [0.2, 0.25) is 0 Å². The number of aryl methyl sites for hydroxylation is 1. The van der Waals surface area contributed by atoms with Crippen LogP contribution in [-0.4, -0.2) is 32.6 Å². The van der Waals surface area contributed by atoms with Crippen LogP contribution in [0.25, 0.3) is 10.2 Å². The molecule has 4 rings (SSSR count). The molecule has 1 aliphatic rings. The predicted molar refractivity (Wildman–Crippen MR) is 104 cm³/mol. The van der Waals surface area contributed by atoms with Crippen LogP contribution in [0.3, 0.4) is 0 Å². The first-order valence-corrected chi connectivity index (χ1v) is 9.54. The smallest absolute Gasteiger partial charge is 0.346 e. The third kappa shape index (κ3) is 3.34. The van der Waals surface area contributed by atoms with Crippen molar-refractivity contribution in [3.63, 3.8) is 0 Å². The van der Waals surface area contributed by atoms with E-state index in [9.17, 15) is 9.90 Å². The number of hydrogen-bond acceptors (Lipinski definition) is 8. The number of carboxylic acids is 1. The predicted octanol–water partition coefficient (Wildman–Crippen LogP) is 3.91. The molecule has 0 spiro atoms. The number of nitriles is 1. The topological polar surface area (TPSA) is 121 Å². The highest BCUT2D eigenvalue weighted by Crippen LogP contribution is 2.49. The van der Waals surface area contributed by atoms with Gasteiger partial charge in [-0.3, -0.25) is 0 Å². The van der Waals surface area contributed by atoms with Crippen molar-refractivity contribution in [2.75, 3.05) is 11.9 Å². The number of anilines is 2. The first-order chi connectivity index (χ1) is 13.5. The molecular formula is C19H17N5O3S. The molecule has 3 aromatic rings. The summed E-state index contributed by atoms with van der Waals surface area (Å²) in [6.45, 7) is 2.18. The van der Waals surface area contributed by atoms with Crippen LogP contribution >= 0.6 is 11.3 Å². The Labute approximate surface area is 164 Å². The Balaban J connectivity index is 1.63. The van der Waals surface area contributed by atoms with Crippen molar-refractivity contribution in [2.24, 2.45) is 5.41 Å². The molecule has 28 heavy (non-hydrogen) atoms. The molecule has 0 radical (unpaired) electrons. The van der Waals surface area contributed by atoms with Crippen molar-refractivity contribution in [3.05, 3.63) is 35.1 Å². The van der Waals surface area contributed by atoms with E-state index in [1.54, 1.807) is 19.2 Å². The third-order valence-corrected chi connectivity index (χ3v) is 6.06. The minimum Gasteiger partial charge on any atom is -0.477 e. The fraction of sp³-hybridized carbons (Fsp3) is 0.316. The van der Waals surface area contributed by atoms with Crippen molar-refractivity contribution < 1.29 is 14.6 Å². The number of thiophene rings is 1. The average Bonchev–Trinajstić information content (AvgIpc) is 3.36. The van der Waals surface area contributed by atoms with E-state index >= 15 is 0 Å². The van der Waals surface area contributed by atoms with Gasteiger partial charge in [-0.1, -0.05) is 0 Å². The highest BCUT2D eigenvalue weighted by atomic mass is 32.1. The summed E-state index contributed by atoms with van der Waals surface area (Å²) in [5.74, 6) is -0.0591. The van der Waals surface area contributed by atoms with E-state index in [1.165, 1.54) is 6.33 Å². The minimum atomic E-state index is -0.982. The maximum Gasteiger partial charge on any atom is 0.346 e. The van der Waals surface area contributed by atoms with Gasteiger partial charge in [-0.25, -0.2) is 19.7 Å². The molecule has 0 aliphatic heterocycles. The molecule has 9 heteroatoms. The first kappa shape index (κ1) is 18.1. The summed E-state index contributed by atoms with van der Waals surface area (Å²) in [5.41, 5.74) is 1.18. The second-order valence-corrected chi connectivity index (χ2v) is 7.87. The molecule has 0 unspecified atom stereocenters. The molecule has 0 bridgehead atoms. The highest BCUT2D eigenvalue weighted by molar-refractivity contribution is 7.20. The van der Waals surface area contributed by atoms with E-state index in [-0.39, 0.29) is 10.3 Å². The summed E-state index contributed by atoms with van der Waals surface area (Å²) in [4.78, 5) is 25.1. The van der Waals surface area contributed by atoms with E-state index < -0.39 is 5.97 Å². The van der Waals surface area contributed by atoms with Gasteiger partial charge in [0.25, 0.3) is 0 Å². The Bertz CT molecular complexity index is 1100. The lowest BCUT2D eigenvalue weighted by Crippen LogP contribution is -2.13. The zero-order valence-corrected chi connectivity index (χ0v) is 15.9. The maximum absolute atomic E-state index is 11.4. The van der Waals surface area contributed by atoms with Crippen LogP contribution in [0.1, 0.15) is 34.5 Å². The maximum atomic E-state index is 11.4. The zero-order chi connectivity index (χ0) is 19.7. The molecule has 1 aliphatic carbocycles. The molecule has 142 valence electrons. The normalized spacial score (nSPS) is 14.4. The van der Waals surface area contributed by atoms with E-state index in [0.717, 1.165) is 24.2 Å². The summed E-state index contributed by atoms with van der Waals surface area (Å²) in [6.07, 6.45) is 5.47. The molecule has 0 atom stereocenters. The molecule has 0 aromatic carbocycles. The highest BCUT2D eigenvalue weighted by Gasteiger charge is 2.43. The molecule has 3 heterocycles. The van der Waals surface area contributed by atoms with E-state index in [1.807, 2.05) is 6.07 Å². The molecule has 1 fully saturated rings. The number of carbonyl (C=O) groups is 1. The Hall–Kier alpha value is -3.25. The lowest BCUT2D eigenvalue weighted by atomic mass is 10.1. The van der Waals surface area contributed by atoms with Gasteiger partial charge in [-0.2, -0.15) is 5.26 Å². The second kappa shape index (κ2) is 7.05. The van der Waals surface area contributed by atoms with Crippen molar-refractivity contribution >= 4 is 39.0 Å². The van der Waals surface area contributed by atoms with Gasteiger partial charge < -0.3 is 15.2 Å². The van der Waals surface area contributed by atoms with Gasteiger partial charge in [-0.15, -0.1) is 11.3 Å². The zero-order valence-electron chi connectivity index (χ0n) is 15.1. The molecule has 1 saturated carbocycles. The fourth-order valence-corrected chi connectivity index (χ4v) is 4.02. The van der Waals surface area contributed by atoms with E-state index in [2.05, 4.69) is 26.3 Å². The lowest BCUT2D eigenvalue weighted by Gasteiger charge is -2.15. The summed E-state index contributed by atoms with van der Waals surface area (Å²) in [6, 6.07) is 5.82. The van der Waals surface area contributed by atoms with Gasteiger partial charge in [0.1, 0.15) is 27.5 Å². The average molecular weight is 395 g/mol. The number of fused-ring (bicyclic) bond motifs is 1. The summed E-state index contributed by atoms with van der Waals surface area (Å²) in [7, 11) is 0. The van der Waals surface area contributed by atoms with Crippen LogP contribution in [0.15, 0.2) is 24.7 Å². The summed E-state index contributed by atoms with van der Waals surface area (Å²) < 4.78 is 5.92. The first-order valence-electron chi connectivity index (χ1n) is 8.72. The Morgan fingerprint density at radius 3 is 2.96 bits per heavy atom. The van der Waals surface area contributed by atoms with Crippen LogP contribution in [0.4, 0.5) is 11.5 Å². The number of hydrogen-bond donors (Lipinski definition) is 2. The van der Waals surface area contributed by atoms with Crippen molar-refractivity contribution in [3.8, 4) is 11.9 Å². The van der Waals surface area contributed by atoms with Gasteiger partial charge in [0.05, 0.1) is 18.1 Å². The summed E-state index contributed by atoms with van der Waals surface area (Å²) in [5, 5.41) is 22.2. The quantitative estimate of drug-likeness (QED) is 0.617. The molecule has 0 saturated heterocycles. The SMILES string of the molecule is Cc1c(C(=O)O)sc2ncnc(Nc3cccnc3OCC3(CC#N)CC3)c12. The fourth-order valence-electron chi connectivity index (χ4n) is 3.04. The van der Waals surface area contributed by atoms with E-state index in [4.69, 9.17) is 10.00 Å². The van der Waals surface area contributed by atoms with Crippen LogP contribution in [0, 0.1) is 23.7 Å². The number of nitrogens with one attached hydrogen (secondary N) is 1. The number of pyridine rings is 1. The number of carboxylic acid groups (broad SMARTS) is 1. The van der Waals surface area contributed by atoms with Gasteiger partial charge in [0.2, 0.25) is 5.88 Å². The van der Waals surface area contributed by atoms with Crippen LogP contribution in [0.5, 0.6) is 5.88 Å². The Kier molecular flexibility index (Phi) is 4.57. The molecule has 0 amide bonds. The molecule has 2 N–H and O–H groups in total. The number of nitrogens with zero attached hydrogens (tertiary/aromatic N) is 4. The Morgan fingerprint density at radius 1 is 1.43 bits per heavy atom. The van der Waals surface area contributed by atoms with Crippen LogP contribution in [-0.2, 0) is 0 Å². The molecule has 3 aromatic heterocycles. The monoisotopic (exact) mass is 395 g/mol. The number of aromatic carboxylic acids is 1. The van der Waals surface area contributed by atoms with Gasteiger partial charge in [0, 0.05) is 18.0 Å². The Morgan fingerprint density at radius 2 is 2.25 bits per heavy atom. The van der Waals surface area contributed by atoms with Crippen molar-refractivity contribution in [1.82, 2.24) is 15.0 Å². The second-order valence-electron chi connectivity index (χ2n) is 6.87.